The van der Waals surface area contributed by atoms with Crippen molar-refractivity contribution in [3.8, 4) is 5.75 Å². The zero-order valence-corrected chi connectivity index (χ0v) is 23.2. The fraction of sp³-hybridized carbons (Fsp3) is 0.133. The Kier molecular flexibility index (Phi) is 8.09. The summed E-state index contributed by atoms with van der Waals surface area (Å²) in [5.41, 5.74) is 3.33. The third kappa shape index (κ3) is 6.30. The highest BCUT2D eigenvalue weighted by atomic mass is 32.2. The van der Waals surface area contributed by atoms with Crippen LogP contribution in [-0.2, 0) is 21.4 Å². The minimum atomic E-state index is -3.81. The Hall–Kier alpha value is -4.28. The number of methoxy groups -OCH3 is 1. The predicted octanol–water partition coefficient (Wildman–Crippen LogP) is 5.52. The average molecular weight is 574 g/mol. The molecular weight excluding hydrogens is 546 g/mol. The van der Waals surface area contributed by atoms with Gasteiger partial charge in [0.1, 0.15) is 11.1 Å². The van der Waals surface area contributed by atoms with Gasteiger partial charge in [-0.1, -0.05) is 42.5 Å². The van der Waals surface area contributed by atoms with Crippen LogP contribution in [0.1, 0.15) is 26.9 Å². The number of rotatable bonds is 9. The van der Waals surface area contributed by atoms with Crippen LogP contribution >= 0.6 is 11.8 Å². The van der Waals surface area contributed by atoms with Crippen molar-refractivity contribution in [2.75, 3.05) is 22.9 Å². The predicted molar refractivity (Wildman–Crippen MR) is 157 cm³/mol. The number of amides is 2. The Morgan fingerprint density at radius 1 is 0.900 bits per heavy atom. The molecular formula is C30H27N3O5S2. The molecule has 2 amide bonds. The number of nitrogens with zero attached hydrogens (tertiary/aromatic N) is 1. The summed E-state index contributed by atoms with van der Waals surface area (Å²) in [6.07, 6.45) is 0. The number of ether oxygens (including phenoxy) is 1. The minimum absolute atomic E-state index is 0.0642. The molecule has 0 spiro atoms. The van der Waals surface area contributed by atoms with E-state index in [1.54, 1.807) is 48.2 Å². The minimum Gasteiger partial charge on any atom is -0.497 e. The second kappa shape index (κ2) is 11.8. The van der Waals surface area contributed by atoms with Gasteiger partial charge in [0.05, 0.1) is 17.8 Å². The fourth-order valence-corrected chi connectivity index (χ4v) is 6.52. The molecule has 4 aromatic carbocycles. The number of carbonyl (C=O) groups is 2. The molecule has 10 heteroatoms. The molecule has 40 heavy (non-hydrogen) atoms. The van der Waals surface area contributed by atoms with Crippen LogP contribution in [0.4, 0.5) is 11.4 Å². The second-order valence-electron chi connectivity index (χ2n) is 9.11. The van der Waals surface area contributed by atoms with Crippen molar-refractivity contribution in [3.63, 3.8) is 0 Å². The first-order chi connectivity index (χ1) is 19.3. The van der Waals surface area contributed by atoms with Crippen LogP contribution in [0.25, 0.3) is 0 Å². The van der Waals surface area contributed by atoms with Crippen molar-refractivity contribution in [1.29, 1.82) is 0 Å². The summed E-state index contributed by atoms with van der Waals surface area (Å²) in [5, 5.41) is 2.68. The summed E-state index contributed by atoms with van der Waals surface area (Å²) in [4.78, 5) is 27.3. The lowest BCUT2D eigenvalue weighted by Crippen LogP contribution is -2.27. The first-order valence-electron chi connectivity index (χ1n) is 12.5. The van der Waals surface area contributed by atoms with Crippen LogP contribution in [0.5, 0.6) is 5.75 Å². The number of sulfonamides is 1. The van der Waals surface area contributed by atoms with E-state index in [0.29, 0.717) is 35.0 Å². The first kappa shape index (κ1) is 27.3. The molecule has 1 aliphatic rings. The first-order valence-corrected chi connectivity index (χ1v) is 15.0. The smallest absolute Gasteiger partial charge is 0.261 e. The Morgan fingerprint density at radius 2 is 1.55 bits per heavy atom. The van der Waals surface area contributed by atoms with Gasteiger partial charge in [-0.2, -0.15) is 0 Å². The van der Waals surface area contributed by atoms with Crippen molar-refractivity contribution < 1.29 is 22.7 Å². The summed E-state index contributed by atoms with van der Waals surface area (Å²) in [6, 6.07) is 29.5. The van der Waals surface area contributed by atoms with E-state index in [1.807, 2.05) is 47.4 Å². The topological polar surface area (TPSA) is 105 Å². The highest BCUT2D eigenvalue weighted by molar-refractivity contribution is 8.00. The van der Waals surface area contributed by atoms with E-state index in [4.69, 9.17) is 4.74 Å². The van der Waals surface area contributed by atoms with Crippen LogP contribution in [0, 0.1) is 0 Å². The zero-order valence-electron chi connectivity index (χ0n) is 21.6. The van der Waals surface area contributed by atoms with Crippen molar-refractivity contribution in [2.45, 2.75) is 16.8 Å². The second-order valence-corrected chi connectivity index (χ2v) is 11.9. The summed E-state index contributed by atoms with van der Waals surface area (Å²) in [5.74, 6) is 0.802. The molecule has 0 radical (unpaired) electrons. The molecule has 4 aromatic rings. The molecule has 0 saturated carbocycles. The maximum Gasteiger partial charge on any atom is 0.261 e. The van der Waals surface area contributed by atoms with Crippen molar-refractivity contribution in [2.24, 2.45) is 0 Å². The van der Waals surface area contributed by atoms with Gasteiger partial charge in [-0.3, -0.25) is 14.3 Å². The number of hydrogen-bond acceptors (Lipinski definition) is 6. The average Bonchev–Trinajstić information content (AvgIpc) is 3.33. The SMILES string of the molecule is COc1ccc(NS(=O)(=O)c2ccc(NC(=O)c3ccc(C4SCC(=O)N4Cc4ccccc4)cc3)cc2)cc1. The highest BCUT2D eigenvalue weighted by Crippen LogP contribution is 2.39. The lowest BCUT2D eigenvalue weighted by molar-refractivity contribution is -0.128. The van der Waals surface area contributed by atoms with Crippen molar-refractivity contribution >= 4 is 45.0 Å². The molecule has 0 aromatic heterocycles. The number of carbonyl (C=O) groups excluding carboxylic acids is 2. The summed E-state index contributed by atoms with van der Waals surface area (Å²) >= 11 is 1.57. The summed E-state index contributed by atoms with van der Waals surface area (Å²) < 4.78 is 33.1. The van der Waals surface area contributed by atoms with Crippen LogP contribution in [0.15, 0.2) is 108 Å². The molecule has 5 rings (SSSR count). The number of nitrogens with one attached hydrogen (secondary N) is 2. The van der Waals surface area contributed by atoms with Gasteiger partial charge < -0.3 is 15.0 Å². The molecule has 0 bridgehead atoms. The molecule has 204 valence electrons. The molecule has 8 nitrogen and oxygen atoms in total. The molecule has 2 N–H and O–H groups in total. The quantitative estimate of drug-likeness (QED) is 0.273. The van der Waals surface area contributed by atoms with Gasteiger partial charge in [0.2, 0.25) is 5.91 Å². The van der Waals surface area contributed by atoms with Crippen LogP contribution in [-0.4, -0.2) is 38.0 Å². The monoisotopic (exact) mass is 573 g/mol. The Labute approximate surface area is 237 Å². The largest absolute Gasteiger partial charge is 0.497 e. The number of thioether (sulfide) groups is 1. The zero-order chi connectivity index (χ0) is 28.1. The van der Waals surface area contributed by atoms with Gasteiger partial charge in [-0.25, -0.2) is 8.42 Å². The molecule has 1 atom stereocenters. The Morgan fingerprint density at radius 3 is 2.20 bits per heavy atom. The Balaban J connectivity index is 1.22. The molecule has 1 saturated heterocycles. The molecule has 1 unspecified atom stereocenters. The van der Waals surface area contributed by atoms with Gasteiger partial charge in [-0.05, 0) is 71.8 Å². The van der Waals surface area contributed by atoms with E-state index in [-0.39, 0.29) is 22.1 Å². The Bertz CT molecular complexity index is 1590. The third-order valence-corrected chi connectivity index (χ3v) is 9.04. The van der Waals surface area contributed by atoms with Gasteiger partial charge >= 0.3 is 0 Å². The van der Waals surface area contributed by atoms with Gasteiger partial charge in [-0.15, -0.1) is 11.8 Å². The number of benzene rings is 4. The summed E-state index contributed by atoms with van der Waals surface area (Å²) in [7, 11) is -2.27. The van der Waals surface area contributed by atoms with Crippen molar-refractivity contribution in [1.82, 2.24) is 4.90 Å². The van der Waals surface area contributed by atoms with Gasteiger partial charge in [0.15, 0.2) is 0 Å². The van der Waals surface area contributed by atoms with E-state index in [2.05, 4.69) is 10.0 Å². The van der Waals surface area contributed by atoms with Gasteiger partial charge in [0, 0.05) is 23.5 Å². The van der Waals surface area contributed by atoms with Crippen LogP contribution in [0.3, 0.4) is 0 Å². The fourth-order valence-electron chi connectivity index (χ4n) is 4.27. The maximum absolute atomic E-state index is 12.9. The van der Waals surface area contributed by atoms with Gasteiger partial charge in [0.25, 0.3) is 15.9 Å². The normalized spacial score (nSPS) is 15.1. The van der Waals surface area contributed by atoms with Crippen LogP contribution in [0.2, 0.25) is 0 Å². The van der Waals surface area contributed by atoms with E-state index in [0.717, 1.165) is 11.1 Å². The summed E-state index contributed by atoms with van der Waals surface area (Å²) in [6.45, 7) is 0.529. The van der Waals surface area contributed by atoms with Crippen LogP contribution < -0.4 is 14.8 Å². The third-order valence-electron chi connectivity index (χ3n) is 6.39. The maximum atomic E-state index is 12.9. The highest BCUT2D eigenvalue weighted by Gasteiger charge is 2.32. The van der Waals surface area contributed by atoms with E-state index in [9.17, 15) is 18.0 Å². The van der Waals surface area contributed by atoms with E-state index < -0.39 is 10.0 Å². The van der Waals surface area contributed by atoms with Crippen molar-refractivity contribution in [3.05, 3.63) is 120 Å². The standard InChI is InChI=1S/C30H27N3O5S2/c1-38-26-15-11-25(12-16-26)32-40(36,37)27-17-13-24(14-18-27)31-29(35)22-7-9-23(10-8-22)30-33(28(34)20-39-30)19-21-5-3-2-4-6-21/h2-18,30,32H,19-20H2,1H3,(H,31,35). The molecule has 1 heterocycles. The van der Waals surface area contributed by atoms with E-state index >= 15 is 0 Å². The lowest BCUT2D eigenvalue weighted by Gasteiger charge is -2.24. The lowest BCUT2D eigenvalue weighted by atomic mass is 10.1. The molecule has 1 aliphatic heterocycles. The molecule has 1 fully saturated rings. The number of hydrogen-bond donors (Lipinski definition) is 2. The molecule has 0 aliphatic carbocycles. The number of anilines is 2. The van der Waals surface area contributed by atoms with E-state index in [1.165, 1.54) is 31.4 Å².